The highest BCUT2D eigenvalue weighted by Gasteiger charge is 2.28. The molecule has 138 valence electrons. The van der Waals surface area contributed by atoms with Crippen molar-refractivity contribution in [3.8, 4) is 0 Å². The molecule has 1 amide bonds. The lowest BCUT2D eigenvalue weighted by Crippen LogP contribution is -2.38. The van der Waals surface area contributed by atoms with Gasteiger partial charge in [0.25, 0.3) is 11.5 Å². The molecule has 0 spiro atoms. The quantitative estimate of drug-likeness (QED) is 0.696. The van der Waals surface area contributed by atoms with Gasteiger partial charge in [0.1, 0.15) is 0 Å². The van der Waals surface area contributed by atoms with E-state index in [-0.39, 0.29) is 17.5 Å². The average molecular weight is 361 g/mol. The zero-order valence-electron chi connectivity index (χ0n) is 15.9. The second kappa shape index (κ2) is 6.65. The molecular formula is C22H23N3O2. The molecule has 2 aromatic carbocycles. The van der Waals surface area contributed by atoms with Crippen LogP contribution in [0.25, 0.3) is 10.8 Å². The summed E-state index contributed by atoms with van der Waals surface area (Å²) < 4.78 is 1.41. The van der Waals surface area contributed by atoms with E-state index in [1.807, 2.05) is 56.0 Å². The van der Waals surface area contributed by atoms with Gasteiger partial charge < -0.3 is 4.90 Å². The fraction of sp³-hybridized carbons (Fsp3) is 0.318. The lowest BCUT2D eigenvalue weighted by Gasteiger charge is -2.31. The maximum Gasteiger partial charge on any atom is 0.279 e. The Morgan fingerprint density at radius 2 is 1.81 bits per heavy atom. The number of rotatable bonds is 2. The first kappa shape index (κ1) is 17.5. The first-order valence-electron chi connectivity index (χ1n) is 9.41. The number of benzene rings is 2. The lowest BCUT2D eigenvalue weighted by molar-refractivity contribution is 0.0979. The first-order chi connectivity index (χ1) is 13.0. The lowest BCUT2D eigenvalue weighted by atomic mass is 9.97. The Balaban J connectivity index is 1.93. The van der Waals surface area contributed by atoms with E-state index in [0.717, 1.165) is 24.1 Å². The second-order valence-corrected chi connectivity index (χ2v) is 7.38. The molecule has 5 nitrogen and oxygen atoms in total. The second-order valence-electron chi connectivity index (χ2n) is 7.38. The van der Waals surface area contributed by atoms with Gasteiger partial charge in [0.05, 0.1) is 17.1 Å². The number of carbonyl (C=O) groups is 1. The topological polar surface area (TPSA) is 55.2 Å². The van der Waals surface area contributed by atoms with Gasteiger partial charge in [-0.2, -0.15) is 5.10 Å². The monoisotopic (exact) mass is 361 g/mol. The van der Waals surface area contributed by atoms with Gasteiger partial charge in [0, 0.05) is 11.9 Å². The first-order valence-corrected chi connectivity index (χ1v) is 9.41. The van der Waals surface area contributed by atoms with Crippen molar-refractivity contribution in [3.63, 3.8) is 0 Å². The SMILES string of the molecule is Cc1cccc2c1N(C(=O)c1nn(C(C)C)c(=O)c3ccccc13)CCC2. The molecule has 5 heteroatoms. The third-order valence-electron chi connectivity index (χ3n) is 5.18. The summed E-state index contributed by atoms with van der Waals surface area (Å²) >= 11 is 0. The van der Waals surface area contributed by atoms with Crippen molar-refractivity contribution in [2.75, 3.05) is 11.4 Å². The minimum atomic E-state index is -0.160. The highest BCUT2D eigenvalue weighted by Crippen LogP contribution is 2.32. The molecule has 0 saturated carbocycles. The van der Waals surface area contributed by atoms with Crippen LogP contribution in [0, 0.1) is 6.92 Å². The molecule has 0 radical (unpaired) electrons. The molecular weight excluding hydrogens is 338 g/mol. The molecule has 1 aromatic heterocycles. The molecule has 0 saturated heterocycles. The van der Waals surface area contributed by atoms with Gasteiger partial charge in [0.2, 0.25) is 0 Å². The zero-order valence-corrected chi connectivity index (χ0v) is 15.9. The number of hydrogen-bond acceptors (Lipinski definition) is 3. The van der Waals surface area contributed by atoms with Crippen LogP contribution in [0.5, 0.6) is 0 Å². The Hall–Kier alpha value is -2.95. The van der Waals surface area contributed by atoms with Crippen LogP contribution in [0.3, 0.4) is 0 Å². The van der Waals surface area contributed by atoms with Crippen molar-refractivity contribution in [2.24, 2.45) is 0 Å². The maximum atomic E-state index is 13.6. The summed E-state index contributed by atoms with van der Waals surface area (Å²) in [5.41, 5.74) is 3.45. The predicted octanol–water partition coefficient (Wildman–Crippen LogP) is 3.88. The average Bonchev–Trinajstić information content (AvgIpc) is 2.67. The standard InChI is InChI=1S/C22H23N3O2/c1-14(2)25-21(26)18-12-5-4-11-17(18)19(23-25)22(27)24-13-7-10-16-9-6-8-15(3)20(16)24/h4-6,8-9,11-12,14H,7,10,13H2,1-3H3. The van der Waals surface area contributed by atoms with Gasteiger partial charge >= 0.3 is 0 Å². The van der Waals surface area contributed by atoms with Crippen LogP contribution >= 0.6 is 0 Å². The van der Waals surface area contributed by atoms with Gasteiger partial charge in [-0.15, -0.1) is 0 Å². The number of carbonyl (C=O) groups excluding carboxylic acids is 1. The van der Waals surface area contributed by atoms with E-state index >= 15 is 0 Å². The minimum Gasteiger partial charge on any atom is -0.306 e. The van der Waals surface area contributed by atoms with Crippen LogP contribution < -0.4 is 10.5 Å². The summed E-state index contributed by atoms with van der Waals surface area (Å²) in [6.07, 6.45) is 1.89. The predicted molar refractivity (Wildman–Crippen MR) is 108 cm³/mol. The Bertz CT molecular complexity index is 1100. The summed E-state index contributed by atoms with van der Waals surface area (Å²) in [5.74, 6) is -0.143. The number of nitrogens with zero attached hydrogens (tertiary/aromatic N) is 3. The maximum absolute atomic E-state index is 13.6. The number of fused-ring (bicyclic) bond motifs is 2. The summed E-state index contributed by atoms with van der Waals surface area (Å²) in [7, 11) is 0. The number of aryl methyl sites for hydroxylation is 2. The Labute approximate surface area is 158 Å². The minimum absolute atomic E-state index is 0.121. The van der Waals surface area contributed by atoms with E-state index in [2.05, 4.69) is 11.2 Å². The molecule has 0 atom stereocenters. The van der Waals surface area contributed by atoms with E-state index in [1.54, 1.807) is 6.07 Å². The Morgan fingerprint density at radius 1 is 1.07 bits per heavy atom. The highest BCUT2D eigenvalue weighted by molar-refractivity contribution is 6.13. The zero-order chi connectivity index (χ0) is 19.1. The number of anilines is 1. The molecule has 3 aromatic rings. The van der Waals surface area contributed by atoms with Crippen LogP contribution in [-0.2, 0) is 6.42 Å². The molecule has 0 unspecified atom stereocenters. The van der Waals surface area contributed by atoms with E-state index in [4.69, 9.17) is 0 Å². The third-order valence-corrected chi connectivity index (χ3v) is 5.18. The number of hydrogen-bond donors (Lipinski definition) is 0. The molecule has 0 aliphatic carbocycles. The third kappa shape index (κ3) is 2.83. The molecule has 1 aliphatic rings. The Kier molecular flexibility index (Phi) is 4.30. The van der Waals surface area contributed by atoms with Crippen molar-refractivity contribution in [2.45, 2.75) is 39.7 Å². The normalized spacial score (nSPS) is 13.9. The fourth-order valence-electron chi connectivity index (χ4n) is 3.89. The molecule has 1 aliphatic heterocycles. The van der Waals surface area contributed by atoms with Crippen molar-refractivity contribution in [1.29, 1.82) is 0 Å². The Morgan fingerprint density at radius 3 is 2.56 bits per heavy atom. The smallest absolute Gasteiger partial charge is 0.279 e. The van der Waals surface area contributed by atoms with Gasteiger partial charge in [-0.1, -0.05) is 36.4 Å². The molecule has 4 rings (SSSR count). The molecule has 0 bridgehead atoms. The van der Waals surface area contributed by atoms with Crippen molar-refractivity contribution in [1.82, 2.24) is 9.78 Å². The molecule has 2 heterocycles. The van der Waals surface area contributed by atoms with Crippen LogP contribution in [-0.4, -0.2) is 22.2 Å². The van der Waals surface area contributed by atoms with Crippen LogP contribution in [0.2, 0.25) is 0 Å². The highest BCUT2D eigenvalue weighted by atomic mass is 16.2. The fourth-order valence-corrected chi connectivity index (χ4v) is 3.89. The summed E-state index contributed by atoms with van der Waals surface area (Å²) in [4.78, 5) is 28.1. The molecule has 27 heavy (non-hydrogen) atoms. The summed E-state index contributed by atoms with van der Waals surface area (Å²) in [5, 5.41) is 5.64. The van der Waals surface area contributed by atoms with Gasteiger partial charge in [-0.3, -0.25) is 9.59 Å². The van der Waals surface area contributed by atoms with E-state index in [9.17, 15) is 9.59 Å². The van der Waals surface area contributed by atoms with E-state index in [0.29, 0.717) is 23.0 Å². The molecule has 0 N–H and O–H groups in total. The largest absolute Gasteiger partial charge is 0.306 e. The number of amides is 1. The summed E-state index contributed by atoms with van der Waals surface area (Å²) in [6.45, 7) is 6.49. The molecule has 0 fully saturated rings. The van der Waals surface area contributed by atoms with Crippen LogP contribution in [0.4, 0.5) is 5.69 Å². The number of para-hydroxylation sites is 1. The summed E-state index contributed by atoms with van der Waals surface area (Å²) in [6, 6.07) is 13.3. The number of aromatic nitrogens is 2. The van der Waals surface area contributed by atoms with Crippen molar-refractivity contribution < 1.29 is 4.79 Å². The van der Waals surface area contributed by atoms with Gasteiger partial charge in [0.15, 0.2) is 5.69 Å². The van der Waals surface area contributed by atoms with Gasteiger partial charge in [-0.05, 0) is 50.8 Å². The van der Waals surface area contributed by atoms with Crippen molar-refractivity contribution >= 4 is 22.4 Å². The van der Waals surface area contributed by atoms with E-state index < -0.39 is 0 Å². The van der Waals surface area contributed by atoms with Crippen LogP contribution in [0.15, 0.2) is 47.3 Å². The van der Waals surface area contributed by atoms with Crippen LogP contribution in [0.1, 0.15) is 47.9 Å². The van der Waals surface area contributed by atoms with Gasteiger partial charge in [-0.25, -0.2) is 4.68 Å². The van der Waals surface area contributed by atoms with Crippen molar-refractivity contribution in [3.05, 3.63) is 69.6 Å². The van der Waals surface area contributed by atoms with E-state index in [1.165, 1.54) is 10.2 Å².